The summed E-state index contributed by atoms with van der Waals surface area (Å²) in [7, 11) is 0. The van der Waals surface area contributed by atoms with Crippen LogP contribution in [0.1, 0.15) is 34.4 Å². The molecular weight excluding hydrogens is 434 g/mol. The number of thiophene rings is 1. The van der Waals surface area contributed by atoms with Gasteiger partial charge in [0.2, 0.25) is 5.91 Å². The van der Waals surface area contributed by atoms with E-state index in [-0.39, 0.29) is 18.4 Å². The van der Waals surface area contributed by atoms with Crippen LogP contribution in [0.25, 0.3) is 0 Å². The van der Waals surface area contributed by atoms with Gasteiger partial charge in [-0.1, -0.05) is 60.7 Å². The first kappa shape index (κ1) is 21.4. The Morgan fingerprint density at radius 2 is 1.61 bits per heavy atom. The van der Waals surface area contributed by atoms with Crippen molar-refractivity contribution >= 4 is 29.2 Å². The Kier molecular flexibility index (Phi) is 5.72. The minimum atomic E-state index is -1.03. The van der Waals surface area contributed by atoms with E-state index in [9.17, 15) is 14.4 Å². The summed E-state index contributed by atoms with van der Waals surface area (Å²) < 4.78 is 0. The first-order valence-electron chi connectivity index (χ1n) is 11.1. The number of carbonyl (C=O) groups is 3. The molecule has 1 N–H and O–H groups in total. The third-order valence-electron chi connectivity index (χ3n) is 6.42. The van der Waals surface area contributed by atoms with Crippen molar-refractivity contribution in [2.24, 2.45) is 0 Å². The molecule has 3 aromatic rings. The van der Waals surface area contributed by atoms with Gasteiger partial charge in [-0.2, -0.15) is 0 Å². The number of benzene rings is 2. The molecule has 7 heteroatoms. The standard InChI is InChI=1S/C26H25N3O3S/c30-23(28(16-19-8-3-1-4-9-19)17-20-10-5-2-6-11-20)18-29-24(31)26(27-25(29)32)14-7-12-22-21(26)13-15-33-22/h1-6,8-11,13,15H,7,12,14,16-18H2,(H,27,32). The number of nitrogens with zero attached hydrogens (tertiary/aromatic N) is 2. The molecule has 5 rings (SSSR count). The molecule has 1 fully saturated rings. The number of aryl methyl sites for hydroxylation is 1. The molecule has 33 heavy (non-hydrogen) atoms. The summed E-state index contributed by atoms with van der Waals surface area (Å²) in [4.78, 5) is 43.7. The number of amides is 4. The zero-order valence-electron chi connectivity index (χ0n) is 18.2. The largest absolute Gasteiger partial charge is 0.332 e. The number of hydrogen-bond acceptors (Lipinski definition) is 4. The van der Waals surface area contributed by atoms with E-state index >= 15 is 0 Å². The van der Waals surface area contributed by atoms with Crippen LogP contribution < -0.4 is 5.32 Å². The molecule has 1 atom stereocenters. The van der Waals surface area contributed by atoms with Crippen LogP contribution in [0.2, 0.25) is 0 Å². The Morgan fingerprint density at radius 1 is 0.970 bits per heavy atom. The van der Waals surface area contributed by atoms with Crippen molar-refractivity contribution in [2.45, 2.75) is 37.9 Å². The lowest BCUT2D eigenvalue weighted by molar-refractivity contribution is -0.140. The Labute approximate surface area is 196 Å². The number of imide groups is 1. The Hall–Kier alpha value is -3.45. The van der Waals surface area contributed by atoms with Gasteiger partial charge in [0.05, 0.1) is 0 Å². The molecule has 0 radical (unpaired) electrons. The Morgan fingerprint density at radius 3 is 2.24 bits per heavy atom. The molecule has 1 aliphatic carbocycles. The van der Waals surface area contributed by atoms with Gasteiger partial charge in [0, 0.05) is 23.5 Å². The molecule has 2 aliphatic rings. The maximum atomic E-state index is 13.5. The van der Waals surface area contributed by atoms with Crippen molar-refractivity contribution in [3.63, 3.8) is 0 Å². The van der Waals surface area contributed by atoms with Gasteiger partial charge < -0.3 is 10.2 Å². The second-order valence-electron chi connectivity index (χ2n) is 8.56. The van der Waals surface area contributed by atoms with E-state index in [1.54, 1.807) is 16.2 Å². The zero-order chi connectivity index (χ0) is 22.8. The SMILES string of the molecule is O=C(CN1C(=O)NC2(CCCc3sccc32)C1=O)N(Cc1ccccc1)Cc1ccccc1. The lowest BCUT2D eigenvalue weighted by Crippen LogP contribution is -2.47. The van der Waals surface area contributed by atoms with Crippen LogP contribution in [-0.4, -0.2) is 34.2 Å². The average molecular weight is 460 g/mol. The summed E-state index contributed by atoms with van der Waals surface area (Å²) in [5.41, 5.74) is 1.84. The van der Waals surface area contributed by atoms with Gasteiger partial charge in [0.25, 0.3) is 5.91 Å². The summed E-state index contributed by atoms with van der Waals surface area (Å²) in [5, 5.41) is 4.89. The van der Waals surface area contributed by atoms with Gasteiger partial charge >= 0.3 is 6.03 Å². The predicted octanol–water partition coefficient (Wildman–Crippen LogP) is 4.06. The highest BCUT2D eigenvalue weighted by molar-refractivity contribution is 7.10. The van der Waals surface area contributed by atoms with Crippen LogP contribution in [-0.2, 0) is 34.6 Å². The highest BCUT2D eigenvalue weighted by Crippen LogP contribution is 2.42. The highest BCUT2D eigenvalue weighted by Gasteiger charge is 2.54. The fourth-order valence-corrected chi connectivity index (χ4v) is 5.76. The summed E-state index contributed by atoms with van der Waals surface area (Å²) in [6.07, 6.45) is 2.30. The van der Waals surface area contributed by atoms with Crippen molar-refractivity contribution in [3.8, 4) is 0 Å². The first-order valence-corrected chi connectivity index (χ1v) is 12.0. The van der Waals surface area contributed by atoms with Crippen molar-refractivity contribution < 1.29 is 14.4 Å². The Balaban J connectivity index is 1.38. The van der Waals surface area contributed by atoms with Gasteiger partial charge in [-0.15, -0.1) is 11.3 Å². The van der Waals surface area contributed by atoms with Crippen LogP contribution in [0.5, 0.6) is 0 Å². The molecule has 168 valence electrons. The molecule has 1 aliphatic heterocycles. The number of urea groups is 1. The van der Waals surface area contributed by atoms with Crippen LogP contribution in [0.4, 0.5) is 4.79 Å². The van der Waals surface area contributed by atoms with Crippen molar-refractivity contribution in [2.75, 3.05) is 6.54 Å². The van der Waals surface area contributed by atoms with Gasteiger partial charge in [0.1, 0.15) is 12.1 Å². The minimum absolute atomic E-state index is 0.260. The van der Waals surface area contributed by atoms with Crippen LogP contribution in [0.15, 0.2) is 72.1 Å². The molecule has 1 spiro atoms. The molecule has 2 aromatic carbocycles. The van der Waals surface area contributed by atoms with Crippen molar-refractivity contribution in [3.05, 3.63) is 93.7 Å². The molecule has 2 heterocycles. The van der Waals surface area contributed by atoms with E-state index in [2.05, 4.69) is 5.32 Å². The predicted molar refractivity (Wildman–Crippen MR) is 126 cm³/mol. The molecule has 1 aromatic heterocycles. The lowest BCUT2D eigenvalue weighted by Gasteiger charge is -2.31. The third kappa shape index (κ3) is 4.04. The molecular formula is C26H25N3O3S. The molecule has 4 amide bonds. The fraction of sp³-hybridized carbons (Fsp3) is 0.269. The molecule has 0 saturated carbocycles. The number of nitrogens with one attached hydrogen (secondary N) is 1. The normalized spacial score (nSPS) is 19.5. The summed E-state index contributed by atoms with van der Waals surface area (Å²) in [6.45, 7) is 0.529. The van der Waals surface area contributed by atoms with E-state index in [0.29, 0.717) is 19.5 Å². The van der Waals surface area contributed by atoms with E-state index in [4.69, 9.17) is 0 Å². The third-order valence-corrected chi connectivity index (χ3v) is 7.40. The van der Waals surface area contributed by atoms with E-state index < -0.39 is 11.6 Å². The van der Waals surface area contributed by atoms with Gasteiger partial charge in [-0.3, -0.25) is 14.5 Å². The molecule has 1 saturated heterocycles. The minimum Gasteiger partial charge on any atom is -0.332 e. The van der Waals surface area contributed by atoms with Crippen LogP contribution in [0, 0.1) is 0 Å². The van der Waals surface area contributed by atoms with E-state index in [0.717, 1.165) is 39.3 Å². The Bertz CT molecular complexity index is 1140. The number of rotatable bonds is 6. The van der Waals surface area contributed by atoms with Gasteiger partial charge in [-0.05, 0) is 41.8 Å². The van der Waals surface area contributed by atoms with Crippen LogP contribution in [0.3, 0.4) is 0 Å². The summed E-state index contributed by atoms with van der Waals surface area (Å²) in [5.74, 6) is -0.579. The van der Waals surface area contributed by atoms with Gasteiger partial charge in [-0.25, -0.2) is 4.79 Å². The van der Waals surface area contributed by atoms with E-state index in [1.165, 1.54) is 0 Å². The zero-order valence-corrected chi connectivity index (χ0v) is 19.0. The van der Waals surface area contributed by atoms with Crippen LogP contribution >= 0.6 is 11.3 Å². The summed E-state index contributed by atoms with van der Waals surface area (Å²) in [6, 6.07) is 20.9. The molecule has 1 unspecified atom stereocenters. The topological polar surface area (TPSA) is 69.7 Å². The number of hydrogen-bond donors (Lipinski definition) is 1. The summed E-state index contributed by atoms with van der Waals surface area (Å²) >= 11 is 1.61. The second-order valence-corrected chi connectivity index (χ2v) is 9.56. The van der Waals surface area contributed by atoms with Crippen molar-refractivity contribution in [1.29, 1.82) is 0 Å². The number of carbonyl (C=O) groups excluding carboxylic acids is 3. The van der Waals surface area contributed by atoms with E-state index in [1.807, 2.05) is 72.1 Å². The number of fused-ring (bicyclic) bond motifs is 2. The smallest absolute Gasteiger partial charge is 0.325 e. The lowest BCUT2D eigenvalue weighted by atomic mass is 9.80. The average Bonchev–Trinajstić information content (AvgIpc) is 3.40. The highest BCUT2D eigenvalue weighted by atomic mass is 32.1. The van der Waals surface area contributed by atoms with Crippen molar-refractivity contribution in [1.82, 2.24) is 15.1 Å². The first-order chi connectivity index (χ1) is 16.1. The molecule has 0 bridgehead atoms. The molecule has 6 nitrogen and oxygen atoms in total. The second kappa shape index (κ2) is 8.83. The monoisotopic (exact) mass is 459 g/mol. The van der Waals surface area contributed by atoms with Gasteiger partial charge in [0.15, 0.2) is 0 Å². The fourth-order valence-electron chi connectivity index (χ4n) is 4.76. The maximum absolute atomic E-state index is 13.5. The quantitative estimate of drug-likeness (QED) is 0.565. The maximum Gasteiger partial charge on any atom is 0.325 e.